The van der Waals surface area contributed by atoms with Gasteiger partial charge >= 0.3 is 0 Å². The Morgan fingerprint density at radius 2 is 1.71 bits per heavy atom. The summed E-state index contributed by atoms with van der Waals surface area (Å²) in [6, 6.07) is 21.1. The molecular formula is C29H31N5S. The van der Waals surface area contributed by atoms with Crippen molar-refractivity contribution in [3.05, 3.63) is 107 Å². The molecule has 0 unspecified atom stereocenters. The zero-order valence-corrected chi connectivity index (χ0v) is 21.7. The fourth-order valence-corrected chi connectivity index (χ4v) is 5.35. The molecule has 178 valence electrons. The number of hydrogen-bond acceptors (Lipinski definition) is 3. The molecule has 6 heteroatoms. The Hall–Kier alpha value is -3.51. The van der Waals surface area contributed by atoms with Crippen LogP contribution in [0.25, 0.3) is 5.82 Å². The molecule has 0 saturated carbocycles. The summed E-state index contributed by atoms with van der Waals surface area (Å²) in [5.41, 5.74) is 8.01. The van der Waals surface area contributed by atoms with Crippen LogP contribution in [0.15, 0.2) is 73.1 Å². The van der Waals surface area contributed by atoms with E-state index >= 15 is 0 Å². The van der Waals surface area contributed by atoms with Crippen LogP contribution in [0.4, 0.5) is 5.69 Å². The number of nitrogens with one attached hydrogen (secondary N) is 1. The summed E-state index contributed by atoms with van der Waals surface area (Å²) in [6.45, 7) is 10.8. The first-order chi connectivity index (χ1) is 16.8. The lowest BCUT2D eigenvalue weighted by molar-refractivity contribution is 0.565. The van der Waals surface area contributed by atoms with Gasteiger partial charge in [0.1, 0.15) is 5.82 Å². The molecule has 1 fully saturated rings. The Balaban J connectivity index is 1.65. The van der Waals surface area contributed by atoms with Gasteiger partial charge in [0, 0.05) is 29.5 Å². The zero-order valence-electron chi connectivity index (χ0n) is 20.9. The standard InChI is InChI=1S/C29H31N5S/c1-18(2)22-10-12-23(13-11-22)34-28(27(32-29(34)35)25-8-6-7-15-30-25)24-16-20(4)33(21(24)5)26-14-9-19(3)17-31-26/h6-18,27-28H,1-5H3,(H,32,35)/t27-,28-/m1/s1. The van der Waals surface area contributed by atoms with Gasteiger partial charge in [0.2, 0.25) is 0 Å². The second-order valence-electron chi connectivity index (χ2n) is 9.60. The molecule has 0 radical (unpaired) electrons. The maximum absolute atomic E-state index is 5.92. The van der Waals surface area contributed by atoms with Gasteiger partial charge in [-0.25, -0.2) is 4.98 Å². The Kier molecular flexibility index (Phi) is 6.15. The monoisotopic (exact) mass is 481 g/mol. The highest BCUT2D eigenvalue weighted by Gasteiger charge is 2.42. The van der Waals surface area contributed by atoms with Gasteiger partial charge in [-0.1, -0.05) is 38.1 Å². The first-order valence-corrected chi connectivity index (χ1v) is 12.5. The summed E-state index contributed by atoms with van der Waals surface area (Å²) in [4.78, 5) is 11.6. The minimum atomic E-state index is -0.0756. The van der Waals surface area contributed by atoms with Crippen molar-refractivity contribution in [3.8, 4) is 5.82 Å². The molecule has 35 heavy (non-hydrogen) atoms. The van der Waals surface area contributed by atoms with E-state index in [2.05, 4.69) is 97.9 Å². The van der Waals surface area contributed by atoms with E-state index in [1.807, 2.05) is 24.5 Å². The summed E-state index contributed by atoms with van der Waals surface area (Å²) < 4.78 is 2.23. The van der Waals surface area contributed by atoms with Gasteiger partial charge in [-0.05, 0) is 92.0 Å². The van der Waals surface area contributed by atoms with E-state index in [1.54, 1.807) is 0 Å². The minimum Gasteiger partial charge on any atom is -0.351 e. The van der Waals surface area contributed by atoms with E-state index in [0.29, 0.717) is 11.0 Å². The van der Waals surface area contributed by atoms with Crippen LogP contribution in [0, 0.1) is 20.8 Å². The average Bonchev–Trinajstić information content (AvgIpc) is 3.35. The van der Waals surface area contributed by atoms with Crippen molar-refractivity contribution in [3.63, 3.8) is 0 Å². The molecule has 1 aliphatic heterocycles. The van der Waals surface area contributed by atoms with E-state index in [0.717, 1.165) is 34.2 Å². The normalized spacial score (nSPS) is 17.8. The summed E-state index contributed by atoms with van der Waals surface area (Å²) in [5.74, 6) is 1.40. The quantitative estimate of drug-likeness (QED) is 0.330. The zero-order chi connectivity index (χ0) is 24.7. The van der Waals surface area contributed by atoms with E-state index in [-0.39, 0.29) is 12.1 Å². The second kappa shape index (κ2) is 9.27. The molecule has 5 nitrogen and oxygen atoms in total. The SMILES string of the molecule is Cc1ccc(-n2c(C)cc([C@@H]3[C@@H](c4ccccn4)NC(=S)N3c3ccc(C(C)C)cc3)c2C)nc1. The van der Waals surface area contributed by atoms with E-state index in [4.69, 9.17) is 22.2 Å². The number of hydrogen-bond donors (Lipinski definition) is 1. The Bertz CT molecular complexity index is 1340. The molecule has 5 rings (SSSR count). The van der Waals surface area contributed by atoms with Gasteiger partial charge in [0.15, 0.2) is 5.11 Å². The molecule has 2 atom stereocenters. The van der Waals surface area contributed by atoms with E-state index < -0.39 is 0 Å². The number of anilines is 1. The van der Waals surface area contributed by atoms with Crippen molar-refractivity contribution >= 4 is 23.0 Å². The predicted octanol–water partition coefficient (Wildman–Crippen LogP) is 6.49. The number of thiocarbonyl (C=S) groups is 1. The Morgan fingerprint density at radius 1 is 0.943 bits per heavy atom. The van der Waals surface area contributed by atoms with Crippen LogP contribution in [0.3, 0.4) is 0 Å². The van der Waals surface area contributed by atoms with Gasteiger partial charge < -0.3 is 14.8 Å². The van der Waals surface area contributed by atoms with Crippen molar-refractivity contribution < 1.29 is 0 Å². The molecule has 0 amide bonds. The number of aryl methyl sites for hydroxylation is 2. The molecule has 1 saturated heterocycles. The van der Waals surface area contributed by atoms with Crippen LogP contribution in [0.2, 0.25) is 0 Å². The van der Waals surface area contributed by atoms with Crippen molar-refractivity contribution in [2.45, 2.75) is 52.6 Å². The highest BCUT2D eigenvalue weighted by atomic mass is 32.1. The minimum absolute atomic E-state index is 0.0484. The number of benzene rings is 1. The number of nitrogens with zero attached hydrogens (tertiary/aromatic N) is 4. The summed E-state index contributed by atoms with van der Waals surface area (Å²) >= 11 is 5.92. The average molecular weight is 482 g/mol. The molecule has 1 N–H and O–H groups in total. The third-order valence-electron chi connectivity index (χ3n) is 6.85. The van der Waals surface area contributed by atoms with Crippen molar-refractivity contribution in [2.75, 3.05) is 4.90 Å². The summed E-state index contributed by atoms with van der Waals surface area (Å²) in [5, 5.41) is 4.29. The van der Waals surface area contributed by atoms with Gasteiger partial charge in [0.05, 0.1) is 17.8 Å². The summed E-state index contributed by atoms with van der Waals surface area (Å²) in [6.07, 6.45) is 3.76. The summed E-state index contributed by atoms with van der Waals surface area (Å²) in [7, 11) is 0. The fraction of sp³-hybridized carbons (Fsp3) is 0.276. The van der Waals surface area contributed by atoms with Gasteiger partial charge in [-0.2, -0.15) is 0 Å². The van der Waals surface area contributed by atoms with Crippen LogP contribution in [0.1, 0.15) is 65.6 Å². The lowest BCUT2D eigenvalue weighted by Crippen LogP contribution is -2.29. The first kappa shape index (κ1) is 23.2. The largest absolute Gasteiger partial charge is 0.351 e. The van der Waals surface area contributed by atoms with Gasteiger partial charge in [0.25, 0.3) is 0 Å². The molecule has 4 heterocycles. The smallest absolute Gasteiger partial charge is 0.174 e. The third-order valence-corrected chi connectivity index (χ3v) is 7.16. The molecule has 4 aromatic rings. The lowest BCUT2D eigenvalue weighted by Gasteiger charge is -2.28. The fourth-order valence-electron chi connectivity index (χ4n) is 5.00. The number of rotatable bonds is 5. The van der Waals surface area contributed by atoms with Crippen molar-refractivity contribution in [2.24, 2.45) is 0 Å². The number of pyridine rings is 2. The molecule has 3 aromatic heterocycles. The lowest BCUT2D eigenvalue weighted by atomic mass is 9.96. The highest BCUT2D eigenvalue weighted by molar-refractivity contribution is 7.80. The topological polar surface area (TPSA) is 46.0 Å². The van der Waals surface area contributed by atoms with E-state index in [1.165, 1.54) is 11.1 Å². The van der Waals surface area contributed by atoms with Crippen molar-refractivity contribution in [1.29, 1.82) is 0 Å². The molecule has 1 aromatic carbocycles. The molecule has 0 spiro atoms. The Morgan fingerprint density at radius 3 is 2.34 bits per heavy atom. The molecule has 0 aliphatic carbocycles. The van der Waals surface area contributed by atoms with Crippen LogP contribution >= 0.6 is 12.2 Å². The number of aromatic nitrogens is 3. The maximum atomic E-state index is 5.92. The third kappa shape index (κ3) is 4.23. The first-order valence-electron chi connectivity index (χ1n) is 12.1. The maximum Gasteiger partial charge on any atom is 0.174 e. The van der Waals surface area contributed by atoms with E-state index in [9.17, 15) is 0 Å². The van der Waals surface area contributed by atoms with Crippen LogP contribution in [0.5, 0.6) is 0 Å². The van der Waals surface area contributed by atoms with Gasteiger partial charge in [-0.3, -0.25) is 4.98 Å². The molecular weight excluding hydrogens is 450 g/mol. The van der Waals surface area contributed by atoms with Crippen LogP contribution in [-0.2, 0) is 0 Å². The van der Waals surface area contributed by atoms with Crippen LogP contribution < -0.4 is 10.2 Å². The van der Waals surface area contributed by atoms with Gasteiger partial charge in [-0.15, -0.1) is 0 Å². The molecule has 1 aliphatic rings. The van der Waals surface area contributed by atoms with Crippen molar-refractivity contribution in [1.82, 2.24) is 19.9 Å². The predicted molar refractivity (Wildman–Crippen MR) is 146 cm³/mol. The molecule has 0 bridgehead atoms. The van der Waals surface area contributed by atoms with Crippen LogP contribution in [-0.4, -0.2) is 19.6 Å². The second-order valence-corrected chi connectivity index (χ2v) is 9.99. The Labute approximate surface area is 212 Å². The highest BCUT2D eigenvalue weighted by Crippen LogP contribution is 2.43.